The van der Waals surface area contributed by atoms with Crippen LogP contribution in [0.5, 0.6) is 0 Å². The minimum Gasteiger partial charge on any atom is -0.480 e. The van der Waals surface area contributed by atoms with Crippen molar-refractivity contribution in [3.63, 3.8) is 0 Å². The number of carboxylic acid groups (broad SMARTS) is 1. The molecule has 0 bridgehead atoms. The van der Waals surface area contributed by atoms with Crippen molar-refractivity contribution in [1.29, 1.82) is 0 Å². The van der Waals surface area contributed by atoms with Gasteiger partial charge in [0.15, 0.2) is 6.29 Å². The summed E-state index contributed by atoms with van der Waals surface area (Å²) in [5, 5.41) is 17.6. The molecule has 0 aromatic heterocycles. The van der Waals surface area contributed by atoms with Crippen molar-refractivity contribution in [3.8, 4) is 0 Å². The van der Waals surface area contributed by atoms with E-state index in [1.807, 2.05) is 6.92 Å². The molecule has 5 nitrogen and oxygen atoms in total. The Hall–Kier alpha value is -1.23. The summed E-state index contributed by atoms with van der Waals surface area (Å²) in [6.07, 6.45) is 2.58. The summed E-state index contributed by atoms with van der Waals surface area (Å²) in [6.45, 7) is 1.51. The number of aldehydes is 1. The number of rotatable bonds is 8. The quantitative estimate of drug-likeness (QED) is 0.459. The molecule has 0 rings (SSSR count). The van der Waals surface area contributed by atoms with E-state index in [9.17, 15) is 14.7 Å². The Kier molecular flexibility index (Phi) is 7.44. The normalized spacial score (nSPS) is 13.6. The summed E-state index contributed by atoms with van der Waals surface area (Å²) in [5.41, 5.74) is 0.251. The van der Waals surface area contributed by atoms with Gasteiger partial charge in [0.05, 0.1) is 11.8 Å². The fourth-order valence-electron chi connectivity index (χ4n) is 1.07. The Morgan fingerprint density at radius 1 is 1.53 bits per heavy atom. The van der Waals surface area contributed by atoms with Gasteiger partial charge in [0.2, 0.25) is 0 Å². The highest BCUT2D eigenvalue weighted by Gasteiger charge is 2.03. The number of hydrogen-bond donors (Lipinski definition) is 2. The van der Waals surface area contributed by atoms with Crippen LogP contribution >= 0.6 is 0 Å². The first-order chi connectivity index (χ1) is 7.10. The van der Waals surface area contributed by atoms with Crippen LogP contribution in [0.3, 0.4) is 0 Å². The smallest absolute Gasteiger partial charge is 0.325 e. The molecule has 0 aliphatic carbocycles. The van der Waals surface area contributed by atoms with E-state index < -0.39 is 5.97 Å². The fourth-order valence-corrected chi connectivity index (χ4v) is 1.07. The van der Waals surface area contributed by atoms with E-state index in [-0.39, 0.29) is 18.4 Å². The van der Waals surface area contributed by atoms with Crippen molar-refractivity contribution >= 4 is 18.0 Å². The van der Waals surface area contributed by atoms with E-state index in [1.165, 1.54) is 0 Å². The first-order valence-corrected chi connectivity index (χ1v) is 4.98. The van der Waals surface area contributed by atoms with Gasteiger partial charge in [-0.2, -0.15) is 0 Å². The molecule has 0 aliphatic rings. The molecule has 0 aliphatic heterocycles. The first-order valence-electron chi connectivity index (χ1n) is 4.98. The van der Waals surface area contributed by atoms with Gasteiger partial charge in [0.25, 0.3) is 0 Å². The monoisotopic (exact) mass is 215 g/mol. The third-order valence-electron chi connectivity index (χ3n) is 1.99. The summed E-state index contributed by atoms with van der Waals surface area (Å²) in [5.74, 6) is -1.05. The third-order valence-corrected chi connectivity index (χ3v) is 1.99. The van der Waals surface area contributed by atoms with Gasteiger partial charge in [-0.15, -0.1) is 0 Å². The second-order valence-corrected chi connectivity index (χ2v) is 3.27. The molecule has 15 heavy (non-hydrogen) atoms. The molecular formula is C10H17NO4. The van der Waals surface area contributed by atoms with Gasteiger partial charge in [-0.05, 0) is 25.7 Å². The van der Waals surface area contributed by atoms with Gasteiger partial charge >= 0.3 is 5.97 Å². The van der Waals surface area contributed by atoms with Crippen LogP contribution in [0.4, 0.5) is 0 Å². The van der Waals surface area contributed by atoms with Crippen LogP contribution in [0.15, 0.2) is 4.99 Å². The van der Waals surface area contributed by atoms with Crippen molar-refractivity contribution in [2.45, 2.75) is 38.7 Å². The summed E-state index contributed by atoms with van der Waals surface area (Å²) in [4.78, 5) is 24.3. The van der Waals surface area contributed by atoms with Crippen molar-refractivity contribution < 1.29 is 19.8 Å². The van der Waals surface area contributed by atoms with Gasteiger partial charge in [0, 0.05) is 0 Å². The Labute approximate surface area is 88.8 Å². The van der Waals surface area contributed by atoms with Crippen LogP contribution in [0.2, 0.25) is 0 Å². The third kappa shape index (κ3) is 7.81. The Balaban J connectivity index is 3.84. The van der Waals surface area contributed by atoms with Crippen molar-refractivity contribution in [2.24, 2.45) is 4.99 Å². The number of aliphatic hydroxyl groups excluding tert-OH is 1. The number of nitrogens with zero attached hydrogens (tertiary/aromatic N) is 1. The maximum atomic E-state index is 10.5. The van der Waals surface area contributed by atoms with Crippen LogP contribution in [0, 0.1) is 0 Å². The summed E-state index contributed by atoms with van der Waals surface area (Å²) < 4.78 is 0. The molecule has 0 saturated heterocycles. The Morgan fingerprint density at radius 3 is 2.67 bits per heavy atom. The number of aliphatic carboxylic acids is 1. The Morgan fingerprint density at radius 2 is 2.20 bits per heavy atom. The van der Waals surface area contributed by atoms with E-state index in [0.29, 0.717) is 32.0 Å². The largest absolute Gasteiger partial charge is 0.480 e. The van der Waals surface area contributed by atoms with Gasteiger partial charge in [0.1, 0.15) is 6.54 Å². The summed E-state index contributed by atoms with van der Waals surface area (Å²) in [7, 11) is 0. The molecular weight excluding hydrogens is 198 g/mol. The first kappa shape index (κ1) is 13.8. The van der Waals surface area contributed by atoms with Crippen LogP contribution in [-0.2, 0) is 9.59 Å². The van der Waals surface area contributed by atoms with Crippen LogP contribution in [-0.4, -0.2) is 40.8 Å². The maximum absolute atomic E-state index is 10.5. The van der Waals surface area contributed by atoms with E-state index in [4.69, 9.17) is 5.11 Å². The number of hydrogen-bond acceptors (Lipinski definition) is 4. The average Bonchev–Trinajstić information content (AvgIpc) is 2.22. The lowest BCUT2D eigenvalue weighted by Crippen LogP contribution is -2.09. The minimum absolute atomic E-state index is 0.251. The lowest BCUT2D eigenvalue weighted by molar-refractivity contribution is -0.135. The molecule has 1 unspecified atom stereocenters. The molecule has 1 atom stereocenters. The molecule has 0 radical (unpaired) electrons. The molecule has 86 valence electrons. The fraction of sp³-hybridized carbons (Fsp3) is 0.700. The maximum Gasteiger partial charge on any atom is 0.325 e. The molecule has 0 fully saturated rings. The minimum atomic E-state index is -1.05. The van der Waals surface area contributed by atoms with Crippen molar-refractivity contribution in [3.05, 3.63) is 0 Å². The molecule has 0 amide bonds. The predicted molar refractivity (Wildman–Crippen MR) is 56.2 cm³/mol. The summed E-state index contributed by atoms with van der Waals surface area (Å²) >= 11 is 0. The zero-order valence-corrected chi connectivity index (χ0v) is 8.85. The molecule has 0 heterocycles. The standard InChI is InChI=1S/C10H17NO4/c1-2-9(13)5-3-4-8(7-12)11-6-10(14)15/h7,9,13H,2-6H2,1H3,(H,14,15). The highest BCUT2D eigenvalue weighted by atomic mass is 16.4. The second-order valence-electron chi connectivity index (χ2n) is 3.27. The SMILES string of the molecule is CCC(O)CCCC(C=O)=NCC(=O)O. The lowest BCUT2D eigenvalue weighted by Gasteiger charge is -2.05. The number of carboxylic acids is 1. The van der Waals surface area contributed by atoms with Gasteiger partial charge < -0.3 is 10.2 Å². The van der Waals surface area contributed by atoms with Crippen LogP contribution < -0.4 is 0 Å². The number of carbonyl (C=O) groups excluding carboxylic acids is 1. The van der Waals surface area contributed by atoms with Gasteiger partial charge in [-0.3, -0.25) is 14.6 Å². The average molecular weight is 215 g/mol. The number of aliphatic imine (C=N–C) groups is 1. The summed E-state index contributed by atoms with van der Waals surface area (Å²) in [6, 6.07) is 0. The topological polar surface area (TPSA) is 87.0 Å². The highest BCUT2D eigenvalue weighted by Crippen LogP contribution is 2.04. The number of aliphatic hydroxyl groups is 1. The molecule has 2 N–H and O–H groups in total. The highest BCUT2D eigenvalue weighted by molar-refractivity contribution is 6.28. The van der Waals surface area contributed by atoms with E-state index in [0.717, 1.165) is 0 Å². The van der Waals surface area contributed by atoms with E-state index in [1.54, 1.807) is 0 Å². The second kappa shape index (κ2) is 8.11. The van der Waals surface area contributed by atoms with Crippen LogP contribution in [0.1, 0.15) is 32.6 Å². The number of carbonyl (C=O) groups is 2. The van der Waals surface area contributed by atoms with Crippen molar-refractivity contribution in [1.82, 2.24) is 0 Å². The predicted octanol–water partition coefficient (Wildman–Crippen LogP) is 0.652. The molecule has 5 heteroatoms. The van der Waals surface area contributed by atoms with Gasteiger partial charge in [-0.1, -0.05) is 6.92 Å². The molecule has 0 spiro atoms. The molecule has 0 aromatic rings. The lowest BCUT2D eigenvalue weighted by atomic mass is 10.1. The molecule has 0 saturated carbocycles. The zero-order valence-electron chi connectivity index (χ0n) is 8.85. The van der Waals surface area contributed by atoms with E-state index >= 15 is 0 Å². The molecule has 0 aromatic carbocycles. The van der Waals surface area contributed by atoms with Gasteiger partial charge in [-0.25, -0.2) is 0 Å². The zero-order chi connectivity index (χ0) is 11.7. The van der Waals surface area contributed by atoms with Crippen LogP contribution in [0.25, 0.3) is 0 Å². The van der Waals surface area contributed by atoms with Crippen molar-refractivity contribution in [2.75, 3.05) is 6.54 Å². The van der Waals surface area contributed by atoms with E-state index in [2.05, 4.69) is 4.99 Å². The Bertz CT molecular complexity index is 238.